The Morgan fingerprint density at radius 1 is 0.967 bits per heavy atom. The van der Waals surface area contributed by atoms with E-state index in [9.17, 15) is 18.3 Å². The van der Waals surface area contributed by atoms with Crippen molar-refractivity contribution in [3.8, 4) is 17.2 Å². The quantitative estimate of drug-likeness (QED) is 0.489. The lowest BCUT2D eigenvalue weighted by atomic mass is 10.2. The third kappa shape index (κ3) is 4.79. The van der Waals surface area contributed by atoms with E-state index >= 15 is 0 Å². The summed E-state index contributed by atoms with van der Waals surface area (Å²) in [4.78, 5) is 11.4. The van der Waals surface area contributed by atoms with Gasteiger partial charge >= 0.3 is 5.97 Å². The number of carboxylic acids is 1. The zero-order valence-corrected chi connectivity index (χ0v) is 17.8. The van der Waals surface area contributed by atoms with Gasteiger partial charge in [0.15, 0.2) is 0 Å². The van der Waals surface area contributed by atoms with Gasteiger partial charge in [-0.05, 0) is 42.5 Å². The molecular weight excluding hydrogens is 453 g/mol. The summed E-state index contributed by atoms with van der Waals surface area (Å²) in [6, 6.07) is 14.7. The van der Waals surface area contributed by atoms with Crippen LogP contribution in [-0.4, -0.2) is 26.6 Å². The first kappa shape index (κ1) is 21.8. The van der Waals surface area contributed by atoms with Gasteiger partial charge in [-0.3, -0.25) is 4.72 Å². The zero-order chi connectivity index (χ0) is 21.9. The molecular formula is C20H15Cl2NO6S. The van der Waals surface area contributed by atoms with Crippen molar-refractivity contribution in [1.29, 1.82) is 0 Å². The van der Waals surface area contributed by atoms with Crippen molar-refractivity contribution >= 4 is 44.9 Å². The molecule has 0 aliphatic heterocycles. The summed E-state index contributed by atoms with van der Waals surface area (Å²) in [5.74, 6) is -0.419. The third-order valence-electron chi connectivity index (χ3n) is 3.97. The molecule has 0 fully saturated rings. The van der Waals surface area contributed by atoms with Crippen LogP contribution < -0.4 is 14.2 Å². The summed E-state index contributed by atoms with van der Waals surface area (Å²) in [7, 11) is -2.77. The van der Waals surface area contributed by atoms with Crippen LogP contribution in [0, 0.1) is 0 Å². The minimum Gasteiger partial charge on any atom is -0.495 e. The second-order valence-electron chi connectivity index (χ2n) is 5.95. The predicted octanol–water partition coefficient (Wildman–Crippen LogP) is 5.29. The Hall–Kier alpha value is -2.94. The molecule has 0 atom stereocenters. The molecule has 0 spiro atoms. The molecule has 2 N–H and O–H groups in total. The number of benzene rings is 3. The molecule has 0 aliphatic rings. The van der Waals surface area contributed by atoms with Crippen molar-refractivity contribution in [2.45, 2.75) is 4.90 Å². The standard InChI is InChI=1S/C20H15Cl2NO6S/c1-28-19-11-17(14(20(24)25)10-16(19)22)23-30(26,27)13-8-6-12(7-9-13)29-18-5-3-2-4-15(18)21/h2-11,23H,1H3,(H,24,25). The van der Waals surface area contributed by atoms with Crippen LogP contribution in [0.5, 0.6) is 17.2 Å². The van der Waals surface area contributed by atoms with E-state index in [1.807, 2.05) is 0 Å². The maximum atomic E-state index is 12.7. The lowest BCUT2D eigenvalue weighted by Gasteiger charge is -2.14. The van der Waals surface area contributed by atoms with Gasteiger partial charge in [0, 0.05) is 6.07 Å². The van der Waals surface area contributed by atoms with Crippen molar-refractivity contribution in [1.82, 2.24) is 0 Å². The molecule has 10 heteroatoms. The molecule has 0 saturated carbocycles. The molecule has 0 bridgehead atoms. The van der Waals surface area contributed by atoms with E-state index in [2.05, 4.69) is 4.72 Å². The lowest BCUT2D eigenvalue weighted by Crippen LogP contribution is -2.15. The summed E-state index contributed by atoms with van der Waals surface area (Å²) in [5, 5.41) is 9.81. The summed E-state index contributed by atoms with van der Waals surface area (Å²) < 4.78 is 38.4. The number of sulfonamides is 1. The van der Waals surface area contributed by atoms with Gasteiger partial charge in [0.1, 0.15) is 17.2 Å². The van der Waals surface area contributed by atoms with Crippen LogP contribution in [-0.2, 0) is 10.0 Å². The second kappa shape index (κ2) is 8.83. The number of para-hydroxylation sites is 1. The first-order valence-electron chi connectivity index (χ1n) is 8.37. The summed E-state index contributed by atoms with van der Waals surface area (Å²) >= 11 is 12.0. The minimum atomic E-state index is -4.10. The molecule has 30 heavy (non-hydrogen) atoms. The Morgan fingerprint density at radius 2 is 1.63 bits per heavy atom. The van der Waals surface area contributed by atoms with Gasteiger partial charge in [-0.1, -0.05) is 35.3 Å². The van der Waals surface area contributed by atoms with Gasteiger partial charge in [-0.25, -0.2) is 13.2 Å². The third-order valence-corrected chi connectivity index (χ3v) is 5.95. The van der Waals surface area contributed by atoms with Gasteiger partial charge < -0.3 is 14.6 Å². The van der Waals surface area contributed by atoms with E-state index in [0.29, 0.717) is 16.5 Å². The van der Waals surface area contributed by atoms with Gasteiger partial charge in [0.2, 0.25) is 0 Å². The molecule has 0 unspecified atom stereocenters. The van der Waals surface area contributed by atoms with Crippen LogP contribution >= 0.6 is 23.2 Å². The topological polar surface area (TPSA) is 102 Å². The minimum absolute atomic E-state index is 0.0407. The highest BCUT2D eigenvalue weighted by Crippen LogP contribution is 2.33. The molecule has 3 aromatic rings. The normalized spacial score (nSPS) is 11.0. The van der Waals surface area contributed by atoms with Crippen molar-refractivity contribution in [3.05, 3.63) is 76.3 Å². The number of carboxylic acid groups (broad SMARTS) is 1. The number of methoxy groups -OCH3 is 1. The molecule has 0 aromatic heterocycles. The van der Waals surface area contributed by atoms with Crippen molar-refractivity contribution in [2.75, 3.05) is 11.8 Å². The van der Waals surface area contributed by atoms with Crippen LogP contribution in [0.4, 0.5) is 5.69 Å². The number of ether oxygens (including phenoxy) is 2. The first-order chi connectivity index (χ1) is 14.2. The number of carbonyl (C=O) groups is 1. The van der Waals surface area contributed by atoms with Gasteiger partial charge in [0.25, 0.3) is 10.0 Å². The van der Waals surface area contributed by atoms with Crippen LogP contribution in [0.25, 0.3) is 0 Å². The Labute approximate surface area is 182 Å². The zero-order valence-electron chi connectivity index (χ0n) is 15.4. The number of anilines is 1. The SMILES string of the molecule is COc1cc(NS(=O)(=O)c2ccc(Oc3ccccc3Cl)cc2)c(C(=O)O)cc1Cl. The van der Waals surface area contributed by atoms with Crippen molar-refractivity contribution in [2.24, 2.45) is 0 Å². The highest BCUT2D eigenvalue weighted by Gasteiger charge is 2.21. The van der Waals surface area contributed by atoms with Gasteiger partial charge in [0.05, 0.1) is 33.3 Å². The van der Waals surface area contributed by atoms with E-state index < -0.39 is 16.0 Å². The Balaban J connectivity index is 1.88. The Morgan fingerprint density at radius 3 is 2.23 bits per heavy atom. The second-order valence-corrected chi connectivity index (χ2v) is 8.44. The Kier molecular flexibility index (Phi) is 6.40. The molecule has 3 aromatic carbocycles. The van der Waals surface area contributed by atoms with Crippen molar-refractivity contribution in [3.63, 3.8) is 0 Å². The number of halogens is 2. The van der Waals surface area contributed by atoms with Crippen molar-refractivity contribution < 1.29 is 27.8 Å². The fourth-order valence-corrected chi connectivity index (χ4v) is 4.00. The molecule has 7 nitrogen and oxygen atoms in total. The molecule has 0 radical (unpaired) electrons. The number of aromatic carboxylic acids is 1. The molecule has 0 amide bonds. The maximum Gasteiger partial charge on any atom is 0.337 e. The average molecular weight is 468 g/mol. The number of hydrogen-bond donors (Lipinski definition) is 2. The Bertz CT molecular complexity index is 1200. The first-order valence-corrected chi connectivity index (χ1v) is 10.6. The van der Waals surface area contributed by atoms with E-state index in [0.717, 1.165) is 6.07 Å². The molecule has 0 heterocycles. The smallest absolute Gasteiger partial charge is 0.337 e. The average Bonchev–Trinajstić information content (AvgIpc) is 2.71. The van der Waals surface area contributed by atoms with Gasteiger partial charge in [-0.15, -0.1) is 0 Å². The summed E-state index contributed by atoms with van der Waals surface area (Å²) in [6.45, 7) is 0. The largest absolute Gasteiger partial charge is 0.495 e. The number of hydrogen-bond acceptors (Lipinski definition) is 5. The lowest BCUT2D eigenvalue weighted by molar-refractivity contribution is 0.0698. The highest BCUT2D eigenvalue weighted by molar-refractivity contribution is 7.92. The van der Waals surface area contributed by atoms with Crippen LogP contribution in [0.15, 0.2) is 65.6 Å². The number of nitrogens with one attached hydrogen (secondary N) is 1. The molecule has 3 rings (SSSR count). The van der Waals surface area contributed by atoms with Crippen LogP contribution in [0.3, 0.4) is 0 Å². The summed E-state index contributed by atoms with van der Waals surface area (Å²) in [6.07, 6.45) is 0. The monoisotopic (exact) mass is 467 g/mol. The van der Waals surface area contributed by atoms with Crippen LogP contribution in [0.1, 0.15) is 10.4 Å². The maximum absolute atomic E-state index is 12.7. The predicted molar refractivity (Wildman–Crippen MR) is 114 cm³/mol. The van der Waals surface area contributed by atoms with E-state index in [4.69, 9.17) is 32.7 Å². The fourth-order valence-electron chi connectivity index (χ4n) is 2.52. The van der Waals surface area contributed by atoms with E-state index in [-0.39, 0.29) is 26.9 Å². The van der Waals surface area contributed by atoms with Crippen LogP contribution in [0.2, 0.25) is 10.0 Å². The summed E-state index contributed by atoms with van der Waals surface area (Å²) in [5.41, 5.74) is -0.497. The van der Waals surface area contributed by atoms with E-state index in [1.165, 1.54) is 37.4 Å². The number of rotatable bonds is 7. The molecule has 156 valence electrons. The molecule has 0 aliphatic carbocycles. The fraction of sp³-hybridized carbons (Fsp3) is 0.0500. The molecule has 0 saturated heterocycles. The van der Waals surface area contributed by atoms with E-state index in [1.54, 1.807) is 24.3 Å². The highest BCUT2D eigenvalue weighted by atomic mass is 35.5. The van der Waals surface area contributed by atoms with Gasteiger partial charge in [-0.2, -0.15) is 0 Å².